The van der Waals surface area contributed by atoms with Crippen molar-refractivity contribution in [2.45, 2.75) is 12.8 Å². The number of hydrogen-bond acceptors (Lipinski definition) is 6. The van der Waals surface area contributed by atoms with Gasteiger partial charge in [-0.2, -0.15) is 0 Å². The number of para-hydroxylation sites is 1. The second-order valence-corrected chi connectivity index (χ2v) is 6.42. The Morgan fingerprint density at radius 3 is 2.59 bits per heavy atom. The average Bonchev–Trinajstić information content (AvgIpc) is 2.66. The zero-order valence-electron chi connectivity index (χ0n) is 15.6. The third-order valence-corrected chi connectivity index (χ3v) is 4.47. The Morgan fingerprint density at radius 2 is 1.93 bits per heavy atom. The Hall–Kier alpha value is -2.52. The van der Waals surface area contributed by atoms with Crippen LogP contribution in [0, 0.1) is 10.1 Å². The Balaban J connectivity index is 1.76. The quantitative estimate of drug-likeness (QED) is 0.380. The normalized spacial score (nSPS) is 14.8. The molecule has 9 nitrogen and oxygen atoms in total. The number of ether oxygens (including phenoxy) is 1. The number of piperazine rings is 1. The van der Waals surface area contributed by atoms with Crippen molar-refractivity contribution in [3.8, 4) is 0 Å². The van der Waals surface area contributed by atoms with Gasteiger partial charge in [-0.1, -0.05) is 18.2 Å². The molecule has 1 aromatic carbocycles. The van der Waals surface area contributed by atoms with E-state index >= 15 is 0 Å². The molecule has 0 saturated carbocycles. The van der Waals surface area contributed by atoms with Crippen molar-refractivity contribution in [2.75, 3.05) is 53.0 Å². The summed E-state index contributed by atoms with van der Waals surface area (Å²) in [5.74, 6) is -0.168. The molecule has 0 atom stereocenters. The average molecular weight is 378 g/mol. The van der Waals surface area contributed by atoms with E-state index in [0.29, 0.717) is 51.4 Å². The molecule has 0 radical (unpaired) electrons. The number of rotatable bonds is 9. The minimum atomic E-state index is -0.466. The third kappa shape index (κ3) is 6.61. The van der Waals surface area contributed by atoms with Gasteiger partial charge < -0.3 is 15.0 Å². The highest BCUT2D eigenvalue weighted by Crippen LogP contribution is 2.19. The lowest BCUT2D eigenvalue weighted by Gasteiger charge is -2.34. The molecule has 1 heterocycles. The van der Waals surface area contributed by atoms with Gasteiger partial charge in [0, 0.05) is 58.1 Å². The van der Waals surface area contributed by atoms with Crippen LogP contribution in [0.25, 0.3) is 0 Å². The van der Waals surface area contributed by atoms with E-state index in [1.165, 1.54) is 6.07 Å². The van der Waals surface area contributed by atoms with Gasteiger partial charge in [-0.3, -0.25) is 24.6 Å². The van der Waals surface area contributed by atoms with E-state index in [2.05, 4.69) is 5.32 Å². The molecule has 0 aliphatic carbocycles. The lowest BCUT2D eigenvalue weighted by atomic mass is 10.1. The summed E-state index contributed by atoms with van der Waals surface area (Å²) in [6, 6.07) is 6.30. The van der Waals surface area contributed by atoms with Gasteiger partial charge in [0.15, 0.2) is 0 Å². The molecule has 0 unspecified atom stereocenters. The van der Waals surface area contributed by atoms with Crippen molar-refractivity contribution >= 4 is 17.5 Å². The van der Waals surface area contributed by atoms with Crippen LogP contribution in [0.15, 0.2) is 24.3 Å². The first-order chi connectivity index (χ1) is 13.0. The van der Waals surface area contributed by atoms with Gasteiger partial charge in [0.05, 0.1) is 17.9 Å². The molecule has 0 bridgehead atoms. The first kappa shape index (κ1) is 20.8. The molecule has 9 heteroatoms. The van der Waals surface area contributed by atoms with Crippen LogP contribution in [0.2, 0.25) is 0 Å². The third-order valence-electron chi connectivity index (χ3n) is 4.47. The number of benzene rings is 1. The number of nitrogens with zero attached hydrogens (tertiary/aromatic N) is 3. The van der Waals surface area contributed by atoms with E-state index in [0.717, 1.165) is 6.42 Å². The second-order valence-electron chi connectivity index (χ2n) is 6.42. The number of hydrogen-bond donors (Lipinski definition) is 1. The van der Waals surface area contributed by atoms with Gasteiger partial charge >= 0.3 is 0 Å². The van der Waals surface area contributed by atoms with E-state index in [1.54, 1.807) is 30.2 Å². The van der Waals surface area contributed by atoms with Crippen LogP contribution >= 0.6 is 0 Å². The van der Waals surface area contributed by atoms with Crippen molar-refractivity contribution in [3.05, 3.63) is 39.9 Å². The van der Waals surface area contributed by atoms with E-state index < -0.39 is 4.92 Å². The molecule has 1 N–H and O–H groups in total. The lowest BCUT2D eigenvalue weighted by Crippen LogP contribution is -2.51. The molecule has 0 aromatic heterocycles. The van der Waals surface area contributed by atoms with Crippen LogP contribution in [0.4, 0.5) is 5.69 Å². The molecule has 1 fully saturated rings. The Labute approximate surface area is 158 Å². The molecule has 1 aliphatic heterocycles. The first-order valence-corrected chi connectivity index (χ1v) is 8.99. The van der Waals surface area contributed by atoms with Crippen LogP contribution in [0.3, 0.4) is 0 Å². The summed E-state index contributed by atoms with van der Waals surface area (Å²) >= 11 is 0. The Bertz CT molecular complexity index is 659. The van der Waals surface area contributed by atoms with Crippen LogP contribution < -0.4 is 5.32 Å². The SMILES string of the molecule is COCCCNC(=O)CN1CCN(C(=O)Cc2ccccc2[N+](=O)[O-])CC1. The summed E-state index contributed by atoms with van der Waals surface area (Å²) in [5, 5.41) is 13.9. The summed E-state index contributed by atoms with van der Waals surface area (Å²) < 4.78 is 4.93. The zero-order chi connectivity index (χ0) is 19.6. The predicted molar refractivity (Wildman–Crippen MR) is 99.3 cm³/mol. The number of methoxy groups -OCH3 is 1. The summed E-state index contributed by atoms with van der Waals surface area (Å²) in [4.78, 5) is 38.7. The first-order valence-electron chi connectivity index (χ1n) is 8.99. The lowest BCUT2D eigenvalue weighted by molar-refractivity contribution is -0.385. The molecule has 2 rings (SSSR count). The molecule has 27 heavy (non-hydrogen) atoms. The van der Waals surface area contributed by atoms with Gasteiger partial charge in [0.25, 0.3) is 5.69 Å². The minimum absolute atomic E-state index is 0.0111. The topological polar surface area (TPSA) is 105 Å². The second kappa shape index (κ2) is 10.6. The maximum atomic E-state index is 12.5. The summed E-state index contributed by atoms with van der Waals surface area (Å²) in [5.41, 5.74) is 0.389. The molecular formula is C18H26N4O5. The molecular weight excluding hydrogens is 352 g/mol. The summed E-state index contributed by atoms with van der Waals surface area (Å²) in [6.07, 6.45) is 0.785. The number of nitro groups is 1. The standard InChI is InChI=1S/C18H26N4O5/c1-27-12-4-7-19-17(23)14-20-8-10-21(11-9-20)18(24)13-15-5-2-3-6-16(15)22(25)26/h2-3,5-6H,4,7-14H2,1H3,(H,19,23). The van der Waals surface area contributed by atoms with Crippen LogP contribution in [-0.4, -0.2) is 79.5 Å². The number of carbonyl (C=O) groups is 2. The molecule has 0 spiro atoms. The van der Waals surface area contributed by atoms with Crippen LogP contribution in [-0.2, 0) is 20.7 Å². The van der Waals surface area contributed by atoms with Crippen molar-refractivity contribution in [2.24, 2.45) is 0 Å². The fourth-order valence-electron chi connectivity index (χ4n) is 2.97. The van der Waals surface area contributed by atoms with Gasteiger partial charge in [0.2, 0.25) is 11.8 Å². The van der Waals surface area contributed by atoms with E-state index in [9.17, 15) is 19.7 Å². The fourth-order valence-corrected chi connectivity index (χ4v) is 2.97. The van der Waals surface area contributed by atoms with Crippen LogP contribution in [0.5, 0.6) is 0 Å². The maximum Gasteiger partial charge on any atom is 0.273 e. The van der Waals surface area contributed by atoms with E-state index in [4.69, 9.17) is 4.74 Å². The smallest absolute Gasteiger partial charge is 0.273 e. The van der Waals surface area contributed by atoms with Crippen molar-refractivity contribution in [3.63, 3.8) is 0 Å². The predicted octanol–water partition coefficient (Wildman–Crippen LogP) is 0.434. The highest BCUT2D eigenvalue weighted by molar-refractivity contribution is 5.80. The number of nitro benzene ring substituents is 1. The molecule has 1 saturated heterocycles. The van der Waals surface area contributed by atoms with Gasteiger partial charge in [0.1, 0.15) is 0 Å². The van der Waals surface area contributed by atoms with Crippen molar-refractivity contribution in [1.29, 1.82) is 0 Å². The van der Waals surface area contributed by atoms with Crippen molar-refractivity contribution in [1.82, 2.24) is 15.1 Å². The fraction of sp³-hybridized carbons (Fsp3) is 0.556. The molecule has 2 amide bonds. The van der Waals surface area contributed by atoms with Gasteiger partial charge in [-0.25, -0.2) is 0 Å². The molecule has 1 aromatic rings. The van der Waals surface area contributed by atoms with E-state index in [-0.39, 0.29) is 23.9 Å². The molecule has 1 aliphatic rings. The summed E-state index contributed by atoms with van der Waals surface area (Å²) in [7, 11) is 1.62. The molecule has 148 valence electrons. The highest BCUT2D eigenvalue weighted by atomic mass is 16.6. The summed E-state index contributed by atoms with van der Waals surface area (Å²) in [6.45, 7) is 3.73. The highest BCUT2D eigenvalue weighted by Gasteiger charge is 2.24. The van der Waals surface area contributed by atoms with E-state index in [1.807, 2.05) is 4.90 Å². The largest absolute Gasteiger partial charge is 0.385 e. The van der Waals surface area contributed by atoms with Crippen LogP contribution in [0.1, 0.15) is 12.0 Å². The Kier molecular flexibility index (Phi) is 8.15. The number of carbonyl (C=O) groups excluding carboxylic acids is 2. The van der Waals surface area contributed by atoms with Crippen molar-refractivity contribution < 1.29 is 19.2 Å². The number of amides is 2. The monoisotopic (exact) mass is 378 g/mol. The van der Waals surface area contributed by atoms with Gasteiger partial charge in [-0.05, 0) is 6.42 Å². The maximum absolute atomic E-state index is 12.5. The zero-order valence-corrected chi connectivity index (χ0v) is 15.6. The number of nitrogens with one attached hydrogen (secondary N) is 1. The minimum Gasteiger partial charge on any atom is -0.385 e. The van der Waals surface area contributed by atoms with Gasteiger partial charge in [-0.15, -0.1) is 0 Å². The Morgan fingerprint density at radius 1 is 1.22 bits per heavy atom.